The van der Waals surface area contributed by atoms with Crippen molar-refractivity contribution in [3.05, 3.63) is 30.3 Å². The average molecular weight is 259 g/mol. The lowest BCUT2D eigenvalue weighted by Crippen LogP contribution is -2.26. The molecule has 0 amide bonds. The number of hydrogen-bond donors (Lipinski definition) is 0. The van der Waals surface area contributed by atoms with Crippen molar-refractivity contribution in [2.24, 2.45) is 11.3 Å². The highest BCUT2D eigenvalue weighted by molar-refractivity contribution is 7.99. The number of hydrogen-bond acceptors (Lipinski definition) is 2. The van der Waals surface area contributed by atoms with Crippen LogP contribution in [0.1, 0.15) is 39.0 Å². The van der Waals surface area contributed by atoms with Gasteiger partial charge in [0, 0.05) is 4.90 Å². The van der Waals surface area contributed by atoms with Crippen molar-refractivity contribution in [1.29, 1.82) is 5.26 Å². The number of benzene rings is 1. The minimum Gasteiger partial charge on any atom is -0.198 e. The highest BCUT2D eigenvalue weighted by Gasteiger charge is 2.34. The molecule has 1 aromatic carbocycles. The summed E-state index contributed by atoms with van der Waals surface area (Å²) in [6.07, 6.45) is 5.76. The van der Waals surface area contributed by atoms with Gasteiger partial charge >= 0.3 is 0 Å². The van der Waals surface area contributed by atoms with E-state index in [2.05, 4.69) is 37.3 Å². The average Bonchev–Trinajstić information content (AvgIpc) is 2.40. The van der Waals surface area contributed by atoms with Crippen molar-refractivity contribution < 1.29 is 0 Å². The van der Waals surface area contributed by atoms with Crippen LogP contribution < -0.4 is 0 Å². The summed E-state index contributed by atoms with van der Waals surface area (Å²) in [5, 5.41) is 9.50. The molecular weight excluding hydrogens is 238 g/mol. The van der Waals surface area contributed by atoms with Crippen molar-refractivity contribution in [1.82, 2.24) is 0 Å². The number of rotatable bonds is 4. The molecule has 0 aliphatic heterocycles. The zero-order chi connectivity index (χ0) is 12.8. The van der Waals surface area contributed by atoms with Gasteiger partial charge in [0.15, 0.2) is 0 Å². The van der Waals surface area contributed by atoms with E-state index in [4.69, 9.17) is 0 Å². The summed E-state index contributed by atoms with van der Waals surface area (Å²) in [6.45, 7) is 2.29. The Labute approximate surface area is 115 Å². The van der Waals surface area contributed by atoms with Crippen LogP contribution in [0.5, 0.6) is 0 Å². The van der Waals surface area contributed by atoms with Gasteiger partial charge in [-0.1, -0.05) is 38.0 Å². The van der Waals surface area contributed by atoms with E-state index in [1.165, 1.54) is 17.7 Å². The molecule has 0 bridgehead atoms. The van der Waals surface area contributed by atoms with E-state index < -0.39 is 0 Å². The molecule has 0 spiro atoms. The fourth-order valence-corrected chi connectivity index (χ4v) is 4.00. The van der Waals surface area contributed by atoms with Crippen LogP contribution in [0.3, 0.4) is 0 Å². The second-order valence-electron chi connectivity index (χ2n) is 5.51. The van der Waals surface area contributed by atoms with Gasteiger partial charge in [-0.2, -0.15) is 5.26 Å². The van der Waals surface area contributed by atoms with Crippen molar-refractivity contribution in [3.8, 4) is 6.07 Å². The topological polar surface area (TPSA) is 23.8 Å². The fraction of sp³-hybridized carbons (Fsp3) is 0.562. The quantitative estimate of drug-likeness (QED) is 0.719. The third-order valence-corrected chi connectivity index (χ3v) is 4.93. The van der Waals surface area contributed by atoms with Crippen LogP contribution in [0.4, 0.5) is 0 Å². The first-order valence-electron chi connectivity index (χ1n) is 6.83. The second kappa shape index (κ2) is 6.29. The Morgan fingerprint density at radius 3 is 2.83 bits per heavy atom. The summed E-state index contributed by atoms with van der Waals surface area (Å²) in [7, 11) is 0. The van der Waals surface area contributed by atoms with Crippen LogP contribution in [-0.2, 0) is 0 Å². The molecule has 2 rings (SSSR count). The lowest BCUT2D eigenvalue weighted by molar-refractivity contribution is 0.205. The fourth-order valence-electron chi connectivity index (χ4n) is 2.93. The van der Waals surface area contributed by atoms with E-state index >= 15 is 0 Å². The highest BCUT2D eigenvalue weighted by Crippen LogP contribution is 2.42. The van der Waals surface area contributed by atoms with Crippen molar-refractivity contribution in [2.75, 3.05) is 5.75 Å². The van der Waals surface area contributed by atoms with Crippen LogP contribution in [0.15, 0.2) is 35.2 Å². The summed E-state index contributed by atoms with van der Waals surface area (Å²) in [4.78, 5) is 1.31. The molecule has 1 aromatic rings. The molecule has 1 fully saturated rings. The summed E-state index contributed by atoms with van der Waals surface area (Å²) >= 11 is 1.88. The molecule has 2 atom stereocenters. The SMILES string of the molecule is CC1CCCC(C#N)(CCSc2ccccc2)C1. The lowest BCUT2D eigenvalue weighted by atomic mass is 9.69. The molecular formula is C16H21NS. The highest BCUT2D eigenvalue weighted by atomic mass is 32.2. The first kappa shape index (κ1) is 13.5. The number of nitriles is 1. The van der Waals surface area contributed by atoms with Gasteiger partial charge in [-0.15, -0.1) is 11.8 Å². The minimum atomic E-state index is -0.0422. The predicted octanol–water partition coefficient (Wildman–Crippen LogP) is 4.89. The summed E-state index contributed by atoms with van der Waals surface area (Å²) < 4.78 is 0. The van der Waals surface area contributed by atoms with E-state index in [-0.39, 0.29) is 5.41 Å². The smallest absolute Gasteiger partial charge is 0.0690 e. The van der Waals surface area contributed by atoms with E-state index in [0.717, 1.165) is 30.9 Å². The Bertz CT molecular complexity index is 409. The Balaban J connectivity index is 1.86. The van der Waals surface area contributed by atoms with E-state index in [0.29, 0.717) is 0 Å². The molecule has 0 N–H and O–H groups in total. The first-order valence-corrected chi connectivity index (χ1v) is 7.82. The van der Waals surface area contributed by atoms with Crippen LogP contribution in [0.25, 0.3) is 0 Å². The maximum atomic E-state index is 9.50. The van der Waals surface area contributed by atoms with Crippen LogP contribution in [0.2, 0.25) is 0 Å². The first-order chi connectivity index (χ1) is 8.74. The van der Waals surface area contributed by atoms with Gasteiger partial charge in [0.05, 0.1) is 11.5 Å². The molecule has 18 heavy (non-hydrogen) atoms. The monoisotopic (exact) mass is 259 g/mol. The molecule has 1 saturated carbocycles. The molecule has 2 unspecified atom stereocenters. The second-order valence-corrected chi connectivity index (χ2v) is 6.67. The summed E-state index contributed by atoms with van der Waals surface area (Å²) in [5.74, 6) is 1.78. The Kier molecular flexibility index (Phi) is 4.72. The standard InChI is InChI=1S/C16H21NS/c1-14-6-5-9-16(12-14,13-17)10-11-18-15-7-3-2-4-8-15/h2-4,7-8,14H,5-6,9-12H2,1H3. The maximum Gasteiger partial charge on any atom is 0.0690 e. The molecule has 0 heterocycles. The van der Waals surface area contributed by atoms with Crippen LogP contribution in [0, 0.1) is 22.7 Å². The molecule has 1 nitrogen and oxygen atoms in total. The van der Waals surface area contributed by atoms with Crippen LogP contribution >= 0.6 is 11.8 Å². The zero-order valence-electron chi connectivity index (χ0n) is 11.1. The molecule has 0 aromatic heterocycles. The van der Waals surface area contributed by atoms with Gasteiger partial charge in [-0.3, -0.25) is 0 Å². The van der Waals surface area contributed by atoms with Crippen LogP contribution in [-0.4, -0.2) is 5.75 Å². The Hall–Kier alpha value is -0.940. The van der Waals surface area contributed by atoms with Crippen molar-refractivity contribution in [3.63, 3.8) is 0 Å². The largest absolute Gasteiger partial charge is 0.198 e. The third kappa shape index (κ3) is 3.53. The van der Waals surface area contributed by atoms with Gasteiger partial charge in [0.25, 0.3) is 0 Å². The van der Waals surface area contributed by atoms with E-state index in [1.54, 1.807) is 0 Å². The summed E-state index contributed by atoms with van der Waals surface area (Å²) in [6, 6.07) is 13.1. The molecule has 1 aliphatic carbocycles. The van der Waals surface area contributed by atoms with Gasteiger partial charge in [-0.05, 0) is 43.1 Å². The zero-order valence-corrected chi connectivity index (χ0v) is 11.9. The van der Waals surface area contributed by atoms with Crippen molar-refractivity contribution >= 4 is 11.8 Å². The van der Waals surface area contributed by atoms with E-state index in [1.807, 2.05) is 17.8 Å². The molecule has 0 saturated heterocycles. The molecule has 1 aliphatic rings. The predicted molar refractivity (Wildman–Crippen MR) is 77.5 cm³/mol. The Morgan fingerprint density at radius 2 is 2.17 bits per heavy atom. The Morgan fingerprint density at radius 1 is 1.39 bits per heavy atom. The van der Waals surface area contributed by atoms with Gasteiger partial charge in [-0.25, -0.2) is 0 Å². The number of nitrogens with zero attached hydrogens (tertiary/aromatic N) is 1. The van der Waals surface area contributed by atoms with Gasteiger partial charge < -0.3 is 0 Å². The lowest BCUT2D eigenvalue weighted by Gasteiger charge is -2.34. The normalized spacial score (nSPS) is 27.7. The van der Waals surface area contributed by atoms with Crippen molar-refractivity contribution in [2.45, 2.75) is 43.9 Å². The van der Waals surface area contributed by atoms with Gasteiger partial charge in [0.1, 0.15) is 0 Å². The van der Waals surface area contributed by atoms with E-state index in [9.17, 15) is 5.26 Å². The minimum absolute atomic E-state index is 0.0422. The maximum absolute atomic E-state index is 9.50. The number of thioether (sulfide) groups is 1. The molecule has 2 heteroatoms. The summed E-state index contributed by atoms with van der Waals surface area (Å²) in [5.41, 5.74) is -0.0422. The third-order valence-electron chi connectivity index (χ3n) is 3.92. The molecule has 96 valence electrons. The molecule has 0 radical (unpaired) electrons. The van der Waals surface area contributed by atoms with Gasteiger partial charge in [0.2, 0.25) is 0 Å².